The van der Waals surface area contributed by atoms with Crippen LogP contribution in [0, 0.1) is 0 Å². The topological polar surface area (TPSA) is 68.3 Å². The number of hydrogen-bond acceptors (Lipinski definition) is 4. The molecule has 4 unspecified atom stereocenters. The number of carbonyl (C=O) groups is 4. The Morgan fingerprint density at radius 2 is 0.667 bits per heavy atom. The second-order valence-electron chi connectivity index (χ2n) is 4.91. The van der Waals surface area contributed by atoms with Gasteiger partial charge in [0.1, 0.15) is 23.1 Å². The highest BCUT2D eigenvalue weighted by Gasteiger charge is 1.99. The predicted molar refractivity (Wildman–Crippen MR) is 110 cm³/mol. The van der Waals surface area contributed by atoms with Crippen LogP contribution in [0.5, 0.6) is 0 Å². The molecule has 0 aliphatic heterocycles. The zero-order chi connectivity index (χ0) is 20.6. The summed E-state index contributed by atoms with van der Waals surface area (Å²) in [5, 5.41) is -0.630. The van der Waals surface area contributed by atoms with Crippen molar-refractivity contribution in [2.24, 2.45) is 0 Å². The molecule has 0 amide bonds. The zero-order valence-corrected chi connectivity index (χ0v) is 20.1. The highest BCUT2D eigenvalue weighted by atomic mass is 79.9. The molecule has 0 radical (unpaired) electrons. The first-order chi connectivity index (χ1) is 10.6. The largest absolute Gasteiger partial charge is 0.299 e. The minimum Gasteiger partial charge on any atom is -0.299 e. The number of ketones is 4. The van der Waals surface area contributed by atoms with Gasteiger partial charge in [0.25, 0.3) is 0 Å². The van der Waals surface area contributed by atoms with Crippen LogP contribution in [0.4, 0.5) is 0 Å². The van der Waals surface area contributed by atoms with Gasteiger partial charge in [-0.2, -0.15) is 0 Å². The second-order valence-corrected chi connectivity index (χ2v) is 8.96. The summed E-state index contributed by atoms with van der Waals surface area (Å²) in [6.07, 6.45) is 0. The van der Waals surface area contributed by atoms with Crippen LogP contribution in [-0.4, -0.2) is 43.5 Å². The van der Waals surface area contributed by atoms with Gasteiger partial charge in [0, 0.05) is 0 Å². The highest BCUT2D eigenvalue weighted by Crippen LogP contribution is 1.96. The number of hydrogen-bond donors (Lipinski definition) is 0. The van der Waals surface area contributed by atoms with Crippen molar-refractivity contribution >= 4 is 78.2 Å². The smallest absolute Gasteiger partial charge is 0.147 e. The van der Waals surface area contributed by atoms with E-state index in [1.54, 1.807) is 27.7 Å². The Hall–Kier alpha value is 0.220. The van der Waals surface area contributed by atoms with Crippen LogP contribution >= 0.6 is 55.1 Å². The summed E-state index contributed by atoms with van der Waals surface area (Å²) < 4.78 is 0. The first-order valence-electron chi connectivity index (χ1n) is 7.15. The summed E-state index contributed by atoms with van der Waals surface area (Å²) in [5.41, 5.74) is 0. The number of carbonyl (C=O) groups excluding carboxylic acids is 4. The molecule has 4 nitrogen and oxygen atoms in total. The summed E-state index contributed by atoms with van der Waals surface area (Å²) in [4.78, 5) is 40.3. The molecule has 0 aliphatic rings. The number of Topliss-reactive ketones (excluding diaryl/α,β-unsaturated/α-hetero) is 4. The van der Waals surface area contributed by atoms with Crippen molar-refractivity contribution in [2.45, 2.75) is 75.8 Å². The Balaban J connectivity index is -0.000000111. The van der Waals surface area contributed by atoms with Crippen molar-refractivity contribution in [3.63, 3.8) is 0 Å². The Morgan fingerprint density at radius 3 is 0.667 bits per heavy atom. The van der Waals surface area contributed by atoms with E-state index in [2.05, 4.69) is 31.9 Å². The van der Waals surface area contributed by atoms with Crippen LogP contribution in [0.2, 0.25) is 0 Å². The molecule has 0 N–H and O–H groups in total. The lowest BCUT2D eigenvalue weighted by molar-refractivity contribution is -0.117. The first kappa shape index (κ1) is 31.9. The second kappa shape index (κ2) is 19.5. The van der Waals surface area contributed by atoms with Gasteiger partial charge in [-0.15, -0.1) is 23.2 Å². The minimum absolute atomic E-state index is 0.0247. The van der Waals surface area contributed by atoms with E-state index in [4.69, 9.17) is 23.2 Å². The lowest BCUT2D eigenvalue weighted by Crippen LogP contribution is -2.02. The fourth-order valence-electron chi connectivity index (χ4n) is 0. The maximum atomic E-state index is 10.1. The Kier molecular flexibility index (Phi) is 26.0. The average Bonchev–Trinajstić information content (AvgIpc) is 2.40. The van der Waals surface area contributed by atoms with Gasteiger partial charge in [0.05, 0.1) is 20.4 Å². The molecular formula is C16H28Br2Cl2O4. The van der Waals surface area contributed by atoms with E-state index in [1.807, 2.05) is 13.8 Å². The SMILES string of the molecule is CC(=O)C(C)Br.CC(=O)C(C)Br.CC(=O)C(C)Cl.CC(=O)C(C)Cl. The lowest BCUT2D eigenvalue weighted by atomic mass is 10.3. The van der Waals surface area contributed by atoms with Gasteiger partial charge in [-0.3, -0.25) is 19.2 Å². The molecule has 0 heterocycles. The average molecular weight is 515 g/mol. The van der Waals surface area contributed by atoms with Gasteiger partial charge in [-0.25, -0.2) is 0 Å². The molecule has 0 aromatic heterocycles. The van der Waals surface area contributed by atoms with Crippen LogP contribution in [0.15, 0.2) is 0 Å². The summed E-state index contributed by atoms with van der Waals surface area (Å²) in [6, 6.07) is 0. The third-order valence-corrected chi connectivity index (χ3v) is 4.14. The Morgan fingerprint density at radius 1 is 0.583 bits per heavy atom. The van der Waals surface area contributed by atoms with Crippen molar-refractivity contribution in [1.82, 2.24) is 0 Å². The monoisotopic (exact) mass is 512 g/mol. The van der Waals surface area contributed by atoms with Gasteiger partial charge >= 0.3 is 0 Å². The van der Waals surface area contributed by atoms with Gasteiger partial charge in [-0.1, -0.05) is 31.9 Å². The number of alkyl halides is 4. The molecule has 0 spiro atoms. The molecule has 8 heteroatoms. The van der Waals surface area contributed by atoms with Crippen molar-refractivity contribution in [3.05, 3.63) is 0 Å². The quantitative estimate of drug-likeness (QED) is 0.488. The van der Waals surface area contributed by atoms with Crippen LogP contribution < -0.4 is 0 Å². The lowest BCUT2D eigenvalue weighted by Gasteiger charge is -1.88. The van der Waals surface area contributed by atoms with E-state index in [-0.39, 0.29) is 43.5 Å². The summed E-state index contributed by atoms with van der Waals surface area (Å²) >= 11 is 16.7. The fraction of sp³-hybridized carbons (Fsp3) is 0.750. The first-order valence-corrected chi connectivity index (χ1v) is 9.86. The van der Waals surface area contributed by atoms with Gasteiger partial charge in [0.15, 0.2) is 0 Å². The molecule has 0 saturated carbocycles. The van der Waals surface area contributed by atoms with Crippen molar-refractivity contribution in [2.75, 3.05) is 0 Å². The van der Waals surface area contributed by atoms with E-state index >= 15 is 0 Å². The third kappa shape index (κ3) is 38.0. The van der Waals surface area contributed by atoms with Crippen LogP contribution in [0.1, 0.15) is 55.4 Å². The zero-order valence-electron chi connectivity index (χ0n) is 15.5. The third-order valence-electron chi connectivity index (χ3n) is 2.24. The fourth-order valence-corrected chi connectivity index (χ4v) is 0. The summed E-state index contributed by atoms with van der Waals surface area (Å²) in [6.45, 7) is 13.0. The van der Waals surface area contributed by atoms with Gasteiger partial charge in [-0.05, 0) is 55.4 Å². The molecule has 0 aromatic carbocycles. The van der Waals surface area contributed by atoms with Gasteiger partial charge in [0.2, 0.25) is 0 Å². The Bertz CT molecular complexity index is 310. The van der Waals surface area contributed by atoms with Gasteiger partial charge < -0.3 is 0 Å². The van der Waals surface area contributed by atoms with E-state index in [0.29, 0.717) is 0 Å². The molecule has 144 valence electrons. The van der Waals surface area contributed by atoms with Crippen LogP contribution in [0.25, 0.3) is 0 Å². The van der Waals surface area contributed by atoms with E-state index in [9.17, 15) is 19.2 Å². The Labute approximate surface area is 172 Å². The standard InChI is InChI=1S/2C4H7BrO.2C4H7ClO/c4*1-3(5)4(2)6/h4*3H,1-2H3. The molecule has 0 saturated heterocycles. The minimum atomic E-state index is -0.315. The van der Waals surface area contributed by atoms with Crippen LogP contribution in [-0.2, 0) is 19.2 Å². The molecule has 0 bridgehead atoms. The molecule has 0 rings (SSSR count). The van der Waals surface area contributed by atoms with Crippen molar-refractivity contribution in [1.29, 1.82) is 0 Å². The molecule has 0 aliphatic carbocycles. The summed E-state index contributed by atoms with van der Waals surface area (Å²) in [5.74, 6) is 0.401. The molecular weight excluding hydrogens is 487 g/mol. The van der Waals surface area contributed by atoms with Crippen molar-refractivity contribution < 1.29 is 19.2 Å². The van der Waals surface area contributed by atoms with Crippen molar-refractivity contribution in [3.8, 4) is 0 Å². The van der Waals surface area contributed by atoms with E-state index < -0.39 is 0 Å². The molecule has 4 atom stereocenters. The van der Waals surface area contributed by atoms with Crippen LogP contribution in [0.3, 0.4) is 0 Å². The van der Waals surface area contributed by atoms with E-state index in [0.717, 1.165) is 0 Å². The molecule has 0 aromatic rings. The predicted octanol–water partition coefficient (Wildman–Crippen LogP) is 5.12. The van der Waals surface area contributed by atoms with E-state index in [1.165, 1.54) is 13.8 Å². The molecule has 24 heavy (non-hydrogen) atoms. The maximum Gasteiger partial charge on any atom is 0.147 e. The number of rotatable bonds is 4. The maximum absolute atomic E-state index is 10.1. The molecule has 0 fully saturated rings. The summed E-state index contributed by atoms with van der Waals surface area (Å²) in [7, 11) is 0. The highest BCUT2D eigenvalue weighted by molar-refractivity contribution is 9.10. The normalized spacial score (nSPS) is 13.8. The number of halogens is 4.